The van der Waals surface area contributed by atoms with Crippen LogP contribution in [-0.4, -0.2) is 41.7 Å². The van der Waals surface area contributed by atoms with E-state index in [1.165, 1.54) is 37.4 Å². The summed E-state index contributed by atoms with van der Waals surface area (Å²) in [6.07, 6.45) is -3.24. The zero-order chi connectivity index (χ0) is 27.3. The molecule has 1 aromatic heterocycles. The minimum atomic E-state index is -4.62. The highest BCUT2D eigenvalue weighted by atomic mass is 19.4. The molecule has 3 aromatic rings. The van der Waals surface area contributed by atoms with Crippen LogP contribution in [0.4, 0.5) is 30.4 Å². The van der Waals surface area contributed by atoms with Gasteiger partial charge in [0.15, 0.2) is 0 Å². The number of benzene rings is 2. The lowest BCUT2D eigenvalue weighted by Crippen LogP contribution is -2.19. The van der Waals surface area contributed by atoms with Crippen molar-refractivity contribution in [2.75, 3.05) is 30.0 Å². The van der Waals surface area contributed by atoms with E-state index in [2.05, 4.69) is 20.9 Å². The highest BCUT2D eigenvalue weighted by Gasteiger charge is 2.34. The molecule has 3 rings (SSSR count). The summed E-state index contributed by atoms with van der Waals surface area (Å²) in [7, 11) is 3.31. The molecule has 0 aliphatic heterocycles. The van der Waals surface area contributed by atoms with Crippen molar-refractivity contribution in [3.63, 3.8) is 0 Å². The number of rotatable bonds is 7. The van der Waals surface area contributed by atoms with Gasteiger partial charge in [0.05, 0.1) is 17.4 Å². The van der Waals surface area contributed by atoms with Gasteiger partial charge in [-0.1, -0.05) is 12.1 Å². The minimum absolute atomic E-state index is 0.0583. The first-order valence-electron chi connectivity index (χ1n) is 11.2. The molecule has 8 nitrogen and oxygen atoms in total. The number of nitrogens with zero attached hydrogens (tertiary/aromatic N) is 2. The van der Waals surface area contributed by atoms with Gasteiger partial charge in [-0.25, -0.2) is 4.98 Å². The van der Waals surface area contributed by atoms with Gasteiger partial charge in [0.25, 0.3) is 11.8 Å². The fourth-order valence-corrected chi connectivity index (χ4v) is 3.53. The van der Waals surface area contributed by atoms with E-state index in [4.69, 9.17) is 0 Å². The lowest BCUT2D eigenvalue weighted by molar-refractivity contribution is -0.138. The molecule has 0 radical (unpaired) electrons. The number of pyridine rings is 1. The maximum Gasteiger partial charge on any atom is 0.416 e. The summed E-state index contributed by atoms with van der Waals surface area (Å²) in [6.45, 7) is 3.12. The summed E-state index contributed by atoms with van der Waals surface area (Å²) in [5, 5.41) is 7.76. The van der Waals surface area contributed by atoms with Gasteiger partial charge in [-0.05, 0) is 68.5 Å². The monoisotopic (exact) mass is 513 g/mol. The Morgan fingerprint density at radius 2 is 1.57 bits per heavy atom. The first-order valence-corrected chi connectivity index (χ1v) is 11.2. The number of nitrogens with one attached hydrogen (secondary N) is 3. The van der Waals surface area contributed by atoms with Crippen molar-refractivity contribution in [3.8, 4) is 0 Å². The number of halogens is 3. The van der Waals surface area contributed by atoms with Gasteiger partial charge in [-0.15, -0.1) is 0 Å². The van der Waals surface area contributed by atoms with Crippen molar-refractivity contribution in [2.24, 2.45) is 0 Å². The number of aryl methyl sites for hydroxylation is 1. The van der Waals surface area contributed by atoms with E-state index in [0.717, 1.165) is 6.07 Å². The van der Waals surface area contributed by atoms with E-state index in [1.54, 1.807) is 44.1 Å². The summed E-state index contributed by atoms with van der Waals surface area (Å²) >= 11 is 0. The zero-order valence-corrected chi connectivity index (χ0v) is 20.7. The number of hydrogen-bond donors (Lipinski definition) is 3. The van der Waals surface area contributed by atoms with Gasteiger partial charge < -0.3 is 20.9 Å². The predicted octanol–water partition coefficient (Wildman–Crippen LogP) is 4.93. The van der Waals surface area contributed by atoms with Crippen LogP contribution in [0.2, 0.25) is 0 Å². The van der Waals surface area contributed by atoms with Gasteiger partial charge in [0.2, 0.25) is 5.91 Å². The molecular formula is C26H26F3N5O3. The Labute approximate surface area is 211 Å². The second kappa shape index (κ2) is 11.2. The molecule has 0 saturated heterocycles. The fourth-order valence-electron chi connectivity index (χ4n) is 3.53. The SMILES string of the molecule is CC(=O)Nc1ccc(NC(=O)c2cc(NC(=O)c3ccc(CN(C)C)c(C(F)(F)F)c3)ccc2C)cn1. The first kappa shape index (κ1) is 27.3. The maximum absolute atomic E-state index is 13.6. The molecule has 0 spiro atoms. The largest absolute Gasteiger partial charge is 0.416 e. The molecule has 0 aliphatic rings. The molecule has 0 bridgehead atoms. The lowest BCUT2D eigenvalue weighted by Gasteiger charge is -2.17. The molecule has 0 atom stereocenters. The molecule has 0 aliphatic carbocycles. The maximum atomic E-state index is 13.6. The summed E-state index contributed by atoms with van der Waals surface area (Å²) in [5.41, 5.74) is 0.508. The van der Waals surface area contributed by atoms with Crippen LogP contribution >= 0.6 is 0 Å². The molecular weight excluding hydrogens is 487 g/mol. The molecule has 0 unspecified atom stereocenters. The molecule has 3 N–H and O–H groups in total. The Morgan fingerprint density at radius 3 is 2.16 bits per heavy atom. The van der Waals surface area contributed by atoms with Gasteiger partial charge >= 0.3 is 6.18 Å². The van der Waals surface area contributed by atoms with Crippen LogP contribution in [0.15, 0.2) is 54.7 Å². The average molecular weight is 514 g/mol. The third-order valence-electron chi connectivity index (χ3n) is 5.23. The fraction of sp³-hybridized carbons (Fsp3) is 0.231. The number of amides is 3. The number of hydrogen-bond acceptors (Lipinski definition) is 5. The molecule has 0 saturated carbocycles. The topological polar surface area (TPSA) is 103 Å². The summed E-state index contributed by atoms with van der Waals surface area (Å²) in [4.78, 5) is 42.4. The Morgan fingerprint density at radius 1 is 0.892 bits per heavy atom. The van der Waals surface area contributed by atoms with Crippen LogP contribution in [0.25, 0.3) is 0 Å². The lowest BCUT2D eigenvalue weighted by atomic mass is 10.0. The Balaban J connectivity index is 1.78. The van der Waals surface area contributed by atoms with Crippen molar-refractivity contribution < 1.29 is 27.6 Å². The van der Waals surface area contributed by atoms with Gasteiger partial charge in [-0.3, -0.25) is 14.4 Å². The first-order chi connectivity index (χ1) is 17.3. The van der Waals surface area contributed by atoms with Crippen molar-refractivity contribution in [1.29, 1.82) is 0 Å². The zero-order valence-electron chi connectivity index (χ0n) is 20.7. The normalized spacial score (nSPS) is 11.2. The van der Waals surface area contributed by atoms with Crippen LogP contribution in [0.5, 0.6) is 0 Å². The highest BCUT2D eigenvalue weighted by Crippen LogP contribution is 2.33. The van der Waals surface area contributed by atoms with Crippen molar-refractivity contribution in [2.45, 2.75) is 26.6 Å². The molecule has 2 aromatic carbocycles. The third kappa shape index (κ3) is 7.37. The highest BCUT2D eigenvalue weighted by molar-refractivity contribution is 6.08. The van der Waals surface area contributed by atoms with Crippen molar-refractivity contribution in [1.82, 2.24) is 9.88 Å². The summed E-state index contributed by atoms with van der Waals surface area (Å²) in [5.74, 6) is -1.17. The van der Waals surface area contributed by atoms with E-state index in [1.807, 2.05) is 0 Å². The van der Waals surface area contributed by atoms with Gasteiger partial charge in [-0.2, -0.15) is 13.2 Å². The van der Waals surface area contributed by atoms with E-state index in [0.29, 0.717) is 17.1 Å². The second-order valence-electron chi connectivity index (χ2n) is 8.66. The van der Waals surface area contributed by atoms with E-state index < -0.39 is 23.6 Å². The molecule has 0 fully saturated rings. The summed E-state index contributed by atoms with van der Waals surface area (Å²) < 4.78 is 40.8. The number of alkyl halides is 3. The molecule has 3 amide bonds. The van der Waals surface area contributed by atoms with Crippen LogP contribution in [0.3, 0.4) is 0 Å². The predicted molar refractivity (Wildman–Crippen MR) is 134 cm³/mol. The van der Waals surface area contributed by atoms with Crippen LogP contribution in [0.1, 0.15) is 44.3 Å². The number of carbonyl (C=O) groups is 3. The van der Waals surface area contributed by atoms with E-state index >= 15 is 0 Å². The van der Waals surface area contributed by atoms with Gasteiger partial charge in [0, 0.05) is 30.3 Å². The van der Waals surface area contributed by atoms with Crippen LogP contribution in [0, 0.1) is 6.92 Å². The standard InChI is InChI=1S/C26H26F3N5O3/c1-15-5-8-19(12-21(15)25(37)33-20-9-10-23(30-13-20)31-16(2)35)32-24(36)17-6-7-18(14-34(3)4)22(11-17)26(27,28)29/h5-13H,14H2,1-4H3,(H,32,36)(H,33,37)(H,30,31,35). The van der Waals surface area contributed by atoms with Crippen LogP contribution in [-0.2, 0) is 17.5 Å². The van der Waals surface area contributed by atoms with E-state index in [-0.39, 0.29) is 34.8 Å². The number of carbonyl (C=O) groups excluding carboxylic acids is 3. The molecule has 11 heteroatoms. The number of aromatic nitrogens is 1. The smallest absolute Gasteiger partial charge is 0.322 e. The molecule has 37 heavy (non-hydrogen) atoms. The Bertz CT molecular complexity index is 1320. The molecule has 1 heterocycles. The minimum Gasteiger partial charge on any atom is -0.322 e. The van der Waals surface area contributed by atoms with Gasteiger partial charge in [0.1, 0.15) is 5.82 Å². The summed E-state index contributed by atoms with van der Waals surface area (Å²) in [6, 6.07) is 11.2. The molecule has 194 valence electrons. The van der Waals surface area contributed by atoms with Crippen molar-refractivity contribution in [3.05, 3.63) is 82.5 Å². The average Bonchev–Trinajstić information content (AvgIpc) is 2.80. The van der Waals surface area contributed by atoms with Crippen molar-refractivity contribution >= 4 is 34.9 Å². The second-order valence-corrected chi connectivity index (χ2v) is 8.66. The Kier molecular flexibility index (Phi) is 8.28. The van der Waals surface area contributed by atoms with E-state index in [9.17, 15) is 27.6 Å². The third-order valence-corrected chi connectivity index (χ3v) is 5.23. The van der Waals surface area contributed by atoms with Crippen LogP contribution < -0.4 is 16.0 Å². The Hall–Kier alpha value is -4.25. The number of anilines is 3. The quantitative estimate of drug-likeness (QED) is 0.416.